The highest BCUT2D eigenvalue weighted by Gasteiger charge is 2.34. The highest BCUT2D eigenvalue weighted by molar-refractivity contribution is 5.86. The summed E-state index contributed by atoms with van der Waals surface area (Å²) in [7, 11) is 0. The normalized spacial score (nSPS) is 21.3. The summed E-state index contributed by atoms with van der Waals surface area (Å²) in [6.07, 6.45) is 0.526. The molecule has 1 fully saturated rings. The molecule has 2 aromatic carbocycles. The molecule has 3 amide bonds. The molecule has 0 aromatic heterocycles. The summed E-state index contributed by atoms with van der Waals surface area (Å²) in [5, 5.41) is 3.06. The van der Waals surface area contributed by atoms with E-state index in [0.717, 1.165) is 11.1 Å². The Kier molecular flexibility index (Phi) is 8.25. The smallest absolute Gasteiger partial charge is 0.239 e. The molecule has 0 saturated carbocycles. The lowest BCUT2D eigenvalue weighted by Gasteiger charge is -2.39. The number of likely N-dealkylation sites (N-methyl/N-ethyl adjacent to an activating group) is 1. The van der Waals surface area contributed by atoms with E-state index in [4.69, 9.17) is 9.47 Å². The lowest BCUT2D eigenvalue weighted by Crippen LogP contribution is -2.58. The summed E-state index contributed by atoms with van der Waals surface area (Å²) in [5.41, 5.74) is 1.77. The van der Waals surface area contributed by atoms with Crippen LogP contribution in [-0.2, 0) is 32.1 Å². The molecule has 2 aliphatic rings. The fourth-order valence-corrected chi connectivity index (χ4v) is 4.68. The minimum atomic E-state index is -0.368. The molecule has 8 heteroatoms. The summed E-state index contributed by atoms with van der Waals surface area (Å²) < 4.78 is 12.3. The fourth-order valence-electron chi connectivity index (χ4n) is 4.68. The van der Waals surface area contributed by atoms with E-state index < -0.39 is 0 Å². The monoisotopic (exact) mass is 493 g/mol. The molecule has 1 saturated heterocycles. The van der Waals surface area contributed by atoms with Crippen molar-refractivity contribution in [2.45, 2.75) is 52.4 Å². The van der Waals surface area contributed by atoms with E-state index in [1.54, 1.807) is 9.80 Å². The maximum atomic E-state index is 13.0. The van der Waals surface area contributed by atoms with Gasteiger partial charge in [0.15, 0.2) is 0 Å². The minimum Gasteiger partial charge on any atom is -0.457 e. The van der Waals surface area contributed by atoms with Crippen LogP contribution in [0.2, 0.25) is 0 Å². The second-order valence-corrected chi connectivity index (χ2v) is 9.73. The van der Waals surface area contributed by atoms with Gasteiger partial charge in [0.2, 0.25) is 17.7 Å². The predicted octanol–water partition coefficient (Wildman–Crippen LogP) is 3.14. The molecule has 8 nitrogen and oxygen atoms in total. The van der Waals surface area contributed by atoms with Crippen molar-refractivity contribution in [3.63, 3.8) is 0 Å². The van der Waals surface area contributed by atoms with E-state index in [1.807, 2.05) is 69.3 Å². The number of ether oxygens (including phenoxy) is 2. The number of benzene rings is 2. The van der Waals surface area contributed by atoms with Crippen molar-refractivity contribution in [1.82, 2.24) is 15.1 Å². The molecule has 36 heavy (non-hydrogen) atoms. The van der Waals surface area contributed by atoms with E-state index in [9.17, 15) is 14.4 Å². The Morgan fingerprint density at radius 3 is 2.47 bits per heavy atom. The van der Waals surface area contributed by atoms with Gasteiger partial charge in [-0.2, -0.15) is 0 Å². The molecule has 4 rings (SSSR count). The average molecular weight is 494 g/mol. The molecule has 1 N–H and O–H groups in total. The highest BCUT2D eigenvalue weighted by atomic mass is 16.5. The first-order valence-corrected chi connectivity index (χ1v) is 12.7. The third-order valence-corrected chi connectivity index (χ3v) is 6.62. The predicted molar refractivity (Wildman–Crippen MR) is 135 cm³/mol. The third kappa shape index (κ3) is 6.43. The van der Waals surface area contributed by atoms with Gasteiger partial charge in [0.05, 0.1) is 31.7 Å². The van der Waals surface area contributed by atoms with Crippen LogP contribution in [0, 0.1) is 5.92 Å². The van der Waals surface area contributed by atoms with Crippen LogP contribution in [0.4, 0.5) is 0 Å². The summed E-state index contributed by atoms with van der Waals surface area (Å²) in [6.45, 7) is 7.28. The van der Waals surface area contributed by atoms with Crippen LogP contribution in [0.3, 0.4) is 0 Å². The molecule has 2 aliphatic heterocycles. The number of likely N-dealkylation sites (tertiary alicyclic amines) is 1. The van der Waals surface area contributed by atoms with Crippen LogP contribution in [0.15, 0.2) is 48.5 Å². The number of carbonyl (C=O) groups excluding carboxylic acids is 3. The SMILES string of the molecule is CCN1CC(=O)N[C@H]2CN(C(=O)C(C)C)CC[C@@H]2OCc2cccc(c2)Oc2cccc(c2)CC1=O. The first-order valence-electron chi connectivity index (χ1n) is 12.7. The fraction of sp³-hybridized carbons (Fsp3) is 0.464. The van der Waals surface area contributed by atoms with Crippen molar-refractivity contribution in [3.05, 3.63) is 59.7 Å². The molecule has 2 atom stereocenters. The van der Waals surface area contributed by atoms with Gasteiger partial charge in [0, 0.05) is 25.6 Å². The Morgan fingerprint density at radius 1 is 1.08 bits per heavy atom. The van der Waals surface area contributed by atoms with Crippen molar-refractivity contribution in [3.8, 4) is 11.5 Å². The molecule has 0 spiro atoms. The van der Waals surface area contributed by atoms with Crippen LogP contribution in [-0.4, -0.2) is 65.8 Å². The molecular weight excluding hydrogens is 458 g/mol. The minimum absolute atomic E-state index is 0.0480. The molecule has 0 radical (unpaired) electrons. The van der Waals surface area contributed by atoms with Crippen LogP contribution >= 0.6 is 0 Å². The van der Waals surface area contributed by atoms with E-state index in [-0.39, 0.29) is 48.8 Å². The largest absolute Gasteiger partial charge is 0.457 e. The maximum absolute atomic E-state index is 13.0. The summed E-state index contributed by atoms with van der Waals surface area (Å²) in [4.78, 5) is 42.1. The van der Waals surface area contributed by atoms with Crippen molar-refractivity contribution in [2.24, 2.45) is 5.92 Å². The zero-order valence-corrected chi connectivity index (χ0v) is 21.2. The Balaban J connectivity index is 1.61. The second kappa shape index (κ2) is 11.6. The molecule has 4 bridgehead atoms. The van der Waals surface area contributed by atoms with Crippen LogP contribution < -0.4 is 10.1 Å². The van der Waals surface area contributed by atoms with Crippen molar-refractivity contribution in [1.29, 1.82) is 0 Å². The Morgan fingerprint density at radius 2 is 1.78 bits per heavy atom. The first-order chi connectivity index (χ1) is 17.3. The average Bonchev–Trinajstić information content (AvgIpc) is 2.86. The van der Waals surface area contributed by atoms with Gasteiger partial charge >= 0.3 is 0 Å². The van der Waals surface area contributed by atoms with Gasteiger partial charge < -0.3 is 24.6 Å². The summed E-state index contributed by atoms with van der Waals surface area (Å²) in [5.74, 6) is 0.868. The lowest BCUT2D eigenvalue weighted by molar-refractivity contribution is -0.141. The number of piperidine rings is 1. The molecule has 0 unspecified atom stereocenters. The zero-order valence-electron chi connectivity index (χ0n) is 21.2. The molecular formula is C28H35N3O5. The lowest BCUT2D eigenvalue weighted by atomic mass is 10.00. The second-order valence-electron chi connectivity index (χ2n) is 9.73. The Labute approximate surface area is 212 Å². The third-order valence-electron chi connectivity index (χ3n) is 6.62. The maximum Gasteiger partial charge on any atom is 0.239 e. The quantitative estimate of drug-likeness (QED) is 0.695. The van der Waals surface area contributed by atoms with Crippen LogP contribution in [0.5, 0.6) is 11.5 Å². The number of hydrogen-bond acceptors (Lipinski definition) is 5. The van der Waals surface area contributed by atoms with Crippen molar-refractivity contribution >= 4 is 17.7 Å². The zero-order chi connectivity index (χ0) is 25.7. The summed E-state index contributed by atoms with van der Waals surface area (Å²) >= 11 is 0. The topological polar surface area (TPSA) is 88.2 Å². The van der Waals surface area contributed by atoms with E-state index in [0.29, 0.717) is 44.2 Å². The van der Waals surface area contributed by atoms with Crippen molar-refractivity contribution < 1.29 is 23.9 Å². The number of amides is 3. The van der Waals surface area contributed by atoms with Gasteiger partial charge in [-0.1, -0.05) is 38.1 Å². The first kappa shape index (κ1) is 25.7. The van der Waals surface area contributed by atoms with Gasteiger partial charge in [-0.15, -0.1) is 0 Å². The van der Waals surface area contributed by atoms with Crippen molar-refractivity contribution in [2.75, 3.05) is 26.2 Å². The van der Waals surface area contributed by atoms with Gasteiger partial charge in [-0.05, 0) is 48.7 Å². The van der Waals surface area contributed by atoms with E-state index in [1.165, 1.54) is 0 Å². The van der Waals surface area contributed by atoms with E-state index >= 15 is 0 Å². The van der Waals surface area contributed by atoms with Gasteiger partial charge in [-0.25, -0.2) is 0 Å². The van der Waals surface area contributed by atoms with Crippen LogP contribution in [0.25, 0.3) is 0 Å². The highest BCUT2D eigenvalue weighted by Crippen LogP contribution is 2.25. The Hall–Kier alpha value is -3.39. The van der Waals surface area contributed by atoms with Gasteiger partial charge in [0.1, 0.15) is 11.5 Å². The summed E-state index contributed by atoms with van der Waals surface area (Å²) in [6, 6.07) is 14.8. The van der Waals surface area contributed by atoms with Crippen LogP contribution in [0.1, 0.15) is 38.3 Å². The number of rotatable bonds is 2. The van der Waals surface area contributed by atoms with Gasteiger partial charge in [-0.3, -0.25) is 14.4 Å². The number of nitrogens with one attached hydrogen (secondary N) is 1. The molecule has 0 aliphatic carbocycles. The molecule has 2 heterocycles. The van der Waals surface area contributed by atoms with Gasteiger partial charge in [0.25, 0.3) is 0 Å². The number of fused-ring (bicyclic) bond motifs is 5. The molecule has 192 valence electrons. The van der Waals surface area contributed by atoms with E-state index in [2.05, 4.69) is 5.32 Å². The Bertz CT molecular complexity index is 1100. The molecule has 2 aromatic rings. The number of hydrogen-bond donors (Lipinski definition) is 1. The number of carbonyl (C=O) groups is 3. The standard InChI is InChI=1S/C28H35N3O5/c1-4-30-17-26(32)29-24-16-31(28(34)19(2)3)12-11-25(24)35-18-21-8-6-10-23(14-21)36-22-9-5-7-20(13-22)15-27(30)33/h5-10,13-14,19,24-25H,4,11-12,15-18H2,1-3H3,(H,29,32)/t24-,25-/m0/s1. The number of nitrogens with zero attached hydrogens (tertiary/aromatic N) is 2.